The number of rotatable bonds is 4. The molecular weight excluding hydrogens is 222 g/mol. The van der Waals surface area contributed by atoms with Crippen molar-refractivity contribution in [1.82, 2.24) is 9.55 Å². The number of hydrogen-bond donors (Lipinski definition) is 1. The van der Waals surface area contributed by atoms with Gasteiger partial charge in [0, 0.05) is 11.8 Å². The van der Waals surface area contributed by atoms with Gasteiger partial charge in [0.05, 0.1) is 12.2 Å². The van der Waals surface area contributed by atoms with Crippen molar-refractivity contribution in [3.05, 3.63) is 11.5 Å². The lowest BCUT2D eigenvalue weighted by atomic mass is 10.1. The van der Waals surface area contributed by atoms with Crippen molar-refractivity contribution >= 4 is 5.82 Å². The first-order chi connectivity index (χ1) is 8.69. The molecule has 0 spiro atoms. The van der Waals surface area contributed by atoms with Gasteiger partial charge in [-0.3, -0.25) is 0 Å². The van der Waals surface area contributed by atoms with E-state index in [9.17, 15) is 0 Å². The minimum atomic E-state index is 0.407. The third kappa shape index (κ3) is 2.25. The van der Waals surface area contributed by atoms with Crippen molar-refractivity contribution in [2.45, 2.75) is 64.3 Å². The van der Waals surface area contributed by atoms with Gasteiger partial charge in [-0.15, -0.1) is 6.42 Å². The average molecular weight is 245 g/mol. The number of aromatic nitrogens is 2. The summed E-state index contributed by atoms with van der Waals surface area (Å²) in [7, 11) is 0. The minimum absolute atomic E-state index is 0.407. The van der Waals surface area contributed by atoms with E-state index in [1.807, 2.05) is 0 Å². The predicted molar refractivity (Wildman–Crippen MR) is 75.4 cm³/mol. The second kappa shape index (κ2) is 5.48. The summed E-state index contributed by atoms with van der Waals surface area (Å²) in [5, 5.41) is 0. The lowest BCUT2D eigenvalue weighted by molar-refractivity contribution is 0.619. The Bertz CT molecular complexity index is 447. The van der Waals surface area contributed by atoms with E-state index >= 15 is 0 Å². The van der Waals surface area contributed by atoms with Crippen molar-refractivity contribution in [1.29, 1.82) is 0 Å². The Kier molecular flexibility index (Phi) is 3.96. The van der Waals surface area contributed by atoms with Crippen molar-refractivity contribution < 1.29 is 0 Å². The number of nitrogens with two attached hydrogens (primary N) is 1. The molecule has 0 radical (unpaired) electrons. The third-order valence-electron chi connectivity index (χ3n) is 4.11. The molecule has 0 aliphatic heterocycles. The van der Waals surface area contributed by atoms with Gasteiger partial charge >= 0.3 is 0 Å². The molecule has 2 N–H and O–H groups in total. The molecule has 18 heavy (non-hydrogen) atoms. The zero-order chi connectivity index (χ0) is 13.1. The zero-order valence-corrected chi connectivity index (χ0v) is 11.4. The number of anilines is 1. The van der Waals surface area contributed by atoms with Gasteiger partial charge in [0.1, 0.15) is 11.6 Å². The summed E-state index contributed by atoms with van der Waals surface area (Å²) < 4.78 is 2.05. The van der Waals surface area contributed by atoms with Crippen LogP contribution < -0.4 is 5.73 Å². The first-order valence-corrected chi connectivity index (χ1v) is 6.98. The van der Waals surface area contributed by atoms with Gasteiger partial charge in [0.15, 0.2) is 0 Å². The van der Waals surface area contributed by atoms with Crippen LogP contribution in [-0.4, -0.2) is 9.55 Å². The molecule has 2 rings (SSSR count). The van der Waals surface area contributed by atoms with Crippen LogP contribution in [0, 0.1) is 12.3 Å². The van der Waals surface area contributed by atoms with Gasteiger partial charge in [-0.05, 0) is 19.3 Å². The van der Waals surface area contributed by atoms with Crippen LogP contribution in [0.1, 0.15) is 69.3 Å². The van der Waals surface area contributed by atoms with Crippen LogP contribution in [0.5, 0.6) is 0 Å². The Morgan fingerprint density at radius 2 is 2.17 bits per heavy atom. The Morgan fingerprint density at radius 1 is 1.50 bits per heavy atom. The molecule has 0 bridgehead atoms. The number of hydrogen-bond acceptors (Lipinski definition) is 2. The van der Waals surface area contributed by atoms with Gasteiger partial charge in [0.2, 0.25) is 0 Å². The third-order valence-corrected chi connectivity index (χ3v) is 4.11. The Balaban J connectivity index is 2.40. The van der Waals surface area contributed by atoms with Crippen LogP contribution in [0.2, 0.25) is 0 Å². The molecule has 98 valence electrons. The number of nitrogens with zero attached hydrogens (tertiary/aromatic N) is 2. The molecule has 1 aromatic heterocycles. The molecule has 0 saturated heterocycles. The van der Waals surface area contributed by atoms with E-state index in [1.54, 1.807) is 0 Å². The van der Waals surface area contributed by atoms with Gasteiger partial charge in [-0.1, -0.05) is 32.6 Å². The van der Waals surface area contributed by atoms with E-state index in [2.05, 4.69) is 24.3 Å². The number of terminal acetylenes is 1. The van der Waals surface area contributed by atoms with Gasteiger partial charge in [-0.25, -0.2) is 4.98 Å². The molecule has 3 heteroatoms. The van der Waals surface area contributed by atoms with Crippen LogP contribution >= 0.6 is 0 Å². The Morgan fingerprint density at radius 3 is 2.72 bits per heavy atom. The largest absolute Gasteiger partial charge is 0.384 e. The highest BCUT2D eigenvalue weighted by Crippen LogP contribution is 2.36. The van der Waals surface area contributed by atoms with Crippen LogP contribution in [0.25, 0.3) is 0 Å². The van der Waals surface area contributed by atoms with Crippen LogP contribution in [0.4, 0.5) is 5.82 Å². The van der Waals surface area contributed by atoms with Crippen molar-refractivity contribution in [3.63, 3.8) is 0 Å². The summed E-state index contributed by atoms with van der Waals surface area (Å²) in [6, 6.07) is 0. The number of nitrogen functional groups attached to an aromatic ring is 1. The highest BCUT2D eigenvalue weighted by molar-refractivity contribution is 5.41. The summed E-state index contributed by atoms with van der Waals surface area (Å²) >= 11 is 0. The van der Waals surface area contributed by atoms with E-state index in [0.29, 0.717) is 18.4 Å². The van der Waals surface area contributed by atoms with E-state index in [-0.39, 0.29) is 0 Å². The SMILES string of the molecule is C#CCn1c(C2CCCC2)nc(C(C)CC)c1N. The topological polar surface area (TPSA) is 43.8 Å². The molecule has 3 nitrogen and oxygen atoms in total. The van der Waals surface area contributed by atoms with Crippen LogP contribution in [0.3, 0.4) is 0 Å². The highest BCUT2D eigenvalue weighted by atomic mass is 15.1. The van der Waals surface area contributed by atoms with E-state index in [4.69, 9.17) is 17.1 Å². The first-order valence-electron chi connectivity index (χ1n) is 6.98. The normalized spacial score (nSPS) is 17.8. The maximum atomic E-state index is 6.24. The molecule has 1 aliphatic rings. The second-order valence-electron chi connectivity index (χ2n) is 5.32. The predicted octanol–water partition coefficient (Wildman–Crippen LogP) is 3.27. The number of imidazole rings is 1. The minimum Gasteiger partial charge on any atom is -0.384 e. The maximum absolute atomic E-state index is 6.24. The van der Waals surface area contributed by atoms with Crippen LogP contribution in [-0.2, 0) is 6.54 Å². The molecule has 1 aliphatic carbocycles. The van der Waals surface area contributed by atoms with Gasteiger partial charge in [0.25, 0.3) is 0 Å². The molecular formula is C15H23N3. The zero-order valence-electron chi connectivity index (χ0n) is 11.4. The summed E-state index contributed by atoms with van der Waals surface area (Å²) in [6.45, 7) is 4.89. The van der Waals surface area contributed by atoms with E-state index in [0.717, 1.165) is 23.8 Å². The lowest BCUT2D eigenvalue weighted by Crippen LogP contribution is -2.09. The molecule has 1 unspecified atom stereocenters. The fourth-order valence-corrected chi connectivity index (χ4v) is 2.81. The summed E-state index contributed by atoms with van der Waals surface area (Å²) in [5.74, 6) is 5.57. The van der Waals surface area contributed by atoms with Crippen molar-refractivity contribution in [2.24, 2.45) is 0 Å². The fourth-order valence-electron chi connectivity index (χ4n) is 2.81. The Hall–Kier alpha value is -1.43. The van der Waals surface area contributed by atoms with Crippen molar-refractivity contribution in [2.75, 3.05) is 5.73 Å². The first kappa shape index (κ1) is 13.0. The second-order valence-corrected chi connectivity index (χ2v) is 5.32. The van der Waals surface area contributed by atoms with Crippen LogP contribution in [0.15, 0.2) is 0 Å². The molecule has 1 saturated carbocycles. The van der Waals surface area contributed by atoms with E-state index < -0.39 is 0 Å². The quantitative estimate of drug-likeness (QED) is 0.827. The molecule has 0 aromatic carbocycles. The highest BCUT2D eigenvalue weighted by Gasteiger charge is 2.26. The van der Waals surface area contributed by atoms with Gasteiger partial charge in [-0.2, -0.15) is 0 Å². The maximum Gasteiger partial charge on any atom is 0.127 e. The molecule has 0 amide bonds. The summed E-state index contributed by atoms with van der Waals surface area (Å²) in [5.41, 5.74) is 7.28. The average Bonchev–Trinajstić information content (AvgIpc) is 2.99. The van der Waals surface area contributed by atoms with Crippen molar-refractivity contribution in [3.8, 4) is 12.3 Å². The summed E-state index contributed by atoms with van der Waals surface area (Å²) in [4.78, 5) is 4.82. The molecule has 1 atom stereocenters. The molecule has 1 aromatic rings. The monoisotopic (exact) mass is 245 g/mol. The standard InChI is InChI=1S/C15H23N3/c1-4-10-18-14(16)13(11(3)5-2)17-15(18)12-8-6-7-9-12/h1,11-12H,5-10,16H2,2-3H3. The smallest absolute Gasteiger partial charge is 0.127 e. The summed E-state index contributed by atoms with van der Waals surface area (Å²) in [6.07, 6.45) is 11.6. The molecule has 1 heterocycles. The Labute approximate surface area is 110 Å². The van der Waals surface area contributed by atoms with E-state index in [1.165, 1.54) is 25.7 Å². The van der Waals surface area contributed by atoms with Gasteiger partial charge < -0.3 is 10.3 Å². The fraction of sp³-hybridized carbons (Fsp3) is 0.667. The lowest BCUT2D eigenvalue weighted by Gasteiger charge is -2.11. The molecule has 1 fully saturated rings.